The summed E-state index contributed by atoms with van der Waals surface area (Å²) < 4.78 is 45.4. The Morgan fingerprint density at radius 3 is 2.19 bits per heavy atom. The highest BCUT2D eigenvalue weighted by Gasteiger charge is 2.34. The molecule has 2 N–H and O–H groups in total. The van der Waals surface area contributed by atoms with E-state index in [1.165, 1.54) is 36.3 Å². The van der Waals surface area contributed by atoms with Gasteiger partial charge in [-0.25, -0.2) is 4.79 Å². The number of aliphatic hydroxyl groups excluding tert-OH is 1. The molecule has 1 aliphatic heterocycles. The van der Waals surface area contributed by atoms with Crippen molar-refractivity contribution in [2.24, 2.45) is 0 Å². The van der Waals surface area contributed by atoms with Gasteiger partial charge in [-0.15, -0.1) is 13.2 Å². The van der Waals surface area contributed by atoms with Crippen molar-refractivity contribution in [1.29, 1.82) is 0 Å². The van der Waals surface area contributed by atoms with Crippen molar-refractivity contribution in [3.05, 3.63) is 59.8 Å². The quantitative estimate of drug-likeness (QED) is 0.649. The Labute approximate surface area is 175 Å². The van der Waals surface area contributed by atoms with Gasteiger partial charge in [0.15, 0.2) is 0 Å². The molecule has 1 amide bonds. The van der Waals surface area contributed by atoms with E-state index in [0.29, 0.717) is 11.3 Å². The predicted molar refractivity (Wildman–Crippen MR) is 105 cm³/mol. The molecule has 3 rings (SSSR count). The summed E-state index contributed by atoms with van der Waals surface area (Å²) in [7, 11) is 1.21. The molecule has 0 unspecified atom stereocenters. The highest BCUT2D eigenvalue weighted by molar-refractivity contribution is 6.08. The molecule has 0 bridgehead atoms. The third-order valence-corrected chi connectivity index (χ3v) is 4.53. The van der Waals surface area contributed by atoms with Gasteiger partial charge < -0.3 is 24.8 Å². The van der Waals surface area contributed by atoms with Crippen LogP contribution in [0.3, 0.4) is 0 Å². The van der Waals surface area contributed by atoms with Crippen LogP contribution in [0.2, 0.25) is 0 Å². The summed E-state index contributed by atoms with van der Waals surface area (Å²) in [6.45, 7) is -0.134. The van der Waals surface area contributed by atoms with Gasteiger partial charge in [-0.05, 0) is 35.4 Å². The summed E-state index contributed by atoms with van der Waals surface area (Å²) in [5.41, 5.74) is 2.15. The summed E-state index contributed by atoms with van der Waals surface area (Å²) in [6, 6.07) is 12.2. The van der Waals surface area contributed by atoms with Gasteiger partial charge >= 0.3 is 12.3 Å². The number of ether oxygens (including phenoxy) is 2. The molecule has 2 aromatic carbocycles. The van der Waals surface area contributed by atoms with Crippen LogP contribution in [0.5, 0.6) is 5.75 Å². The van der Waals surface area contributed by atoms with Crippen molar-refractivity contribution >= 4 is 17.6 Å². The van der Waals surface area contributed by atoms with Crippen LogP contribution in [0, 0.1) is 0 Å². The van der Waals surface area contributed by atoms with Crippen LogP contribution in [-0.4, -0.2) is 55.1 Å². The summed E-state index contributed by atoms with van der Waals surface area (Å²) in [5, 5.41) is 12.0. The summed E-state index contributed by atoms with van der Waals surface area (Å²) in [4.78, 5) is 25.9. The Morgan fingerprint density at radius 2 is 1.68 bits per heavy atom. The second-order valence-electron chi connectivity index (χ2n) is 6.57. The van der Waals surface area contributed by atoms with Gasteiger partial charge in [0.2, 0.25) is 0 Å². The molecule has 0 saturated heterocycles. The molecule has 10 heteroatoms. The first kappa shape index (κ1) is 22.2. The van der Waals surface area contributed by atoms with Crippen LogP contribution in [0.4, 0.5) is 18.9 Å². The van der Waals surface area contributed by atoms with Gasteiger partial charge in [-0.2, -0.15) is 0 Å². The first-order valence-corrected chi connectivity index (χ1v) is 9.16. The van der Waals surface area contributed by atoms with E-state index in [1.54, 1.807) is 24.3 Å². The number of amides is 1. The molecule has 1 heterocycles. The number of hydrogen-bond acceptors (Lipinski definition) is 6. The van der Waals surface area contributed by atoms with Gasteiger partial charge in [0.05, 0.1) is 25.8 Å². The molecular formula is C21H19F3N2O5. The topological polar surface area (TPSA) is 88.1 Å². The van der Waals surface area contributed by atoms with Crippen LogP contribution >= 0.6 is 0 Å². The number of hydrogen-bond donors (Lipinski definition) is 2. The van der Waals surface area contributed by atoms with Crippen LogP contribution in [0.1, 0.15) is 0 Å². The second-order valence-corrected chi connectivity index (χ2v) is 6.57. The zero-order valence-corrected chi connectivity index (χ0v) is 16.4. The first-order chi connectivity index (χ1) is 14.7. The fourth-order valence-corrected chi connectivity index (χ4v) is 3.09. The van der Waals surface area contributed by atoms with Crippen molar-refractivity contribution in [1.82, 2.24) is 4.90 Å². The number of halogens is 3. The minimum absolute atomic E-state index is 0.0266. The first-order valence-electron chi connectivity index (χ1n) is 9.16. The molecule has 7 nitrogen and oxygen atoms in total. The lowest BCUT2D eigenvalue weighted by Gasteiger charge is -2.15. The van der Waals surface area contributed by atoms with E-state index in [4.69, 9.17) is 9.84 Å². The van der Waals surface area contributed by atoms with E-state index < -0.39 is 18.2 Å². The molecule has 1 aliphatic rings. The highest BCUT2D eigenvalue weighted by atomic mass is 19.4. The minimum Gasteiger partial charge on any atom is -0.466 e. The molecule has 164 valence electrons. The van der Waals surface area contributed by atoms with Crippen LogP contribution in [0.25, 0.3) is 11.1 Å². The third kappa shape index (κ3) is 5.34. The maximum absolute atomic E-state index is 12.5. The van der Waals surface area contributed by atoms with Crippen molar-refractivity contribution in [3.8, 4) is 16.9 Å². The molecule has 2 aromatic rings. The summed E-state index contributed by atoms with van der Waals surface area (Å²) >= 11 is 0. The minimum atomic E-state index is -4.75. The van der Waals surface area contributed by atoms with E-state index in [-0.39, 0.29) is 36.7 Å². The number of carbonyl (C=O) groups excluding carboxylic acids is 2. The monoisotopic (exact) mass is 436 g/mol. The number of nitrogens with one attached hydrogen (secondary N) is 1. The maximum atomic E-state index is 12.5. The number of rotatable bonds is 7. The zero-order valence-electron chi connectivity index (χ0n) is 16.4. The van der Waals surface area contributed by atoms with Crippen molar-refractivity contribution < 1.29 is 37.3 Å². The SMILES string of the molecule is COC(=O)C1=C(Nc2ccc(-c3ccc(OC(F)(F)F)cc3)cc2)C(=O)N(CCO)C1. The lowest BCUT2D eigenvalue weighted by molar-refractivity contribution is -0.274. The number of methoxy groups -OCH3 is 1. The molecule has 31 heavy (non-hydrogen) atoms. The van der Waals surface area contributed by atoms with Gasteiger partial charge in [0, 0.05) is 12.2 Å². The third-order valence-electron chi connectivity index (χ3n) is 4.53. The number of carbonyl (C=O) groups is 2. The molecule has 0 spiro atoms. The number of β-amino-alcohol motifs (C(OH)–C–C–N with tert-alkyl or cyclic N) is 1. The molecule has 0 radical (unpaired) electrons. The summed E-state index contributed by atoms with van der Waals surface area (Å²) in [6.07, 6.45) is -4.75. The average Bonchev–Trinajstić information content (AvgIpc) is 3.03. The lowest BCUT2D eigenvalue weighted by Crippen LogP contribution is -2.31. The average molecular weight is 436 g/mol. The Bertz CT molecular complexity index is 986. The Morgan fingerprint density at radius 1 is 1.10 bits per heavy atom. The normalized spacial score (nSPS) is 14.1. The molecule has 0 aromatic heterocycles. The number of anilines is 1. The molecule has 0 atom stereocenters. The molecular weight excluding hydrogens is 417 g/mol. The number of esters is 1. The van der Waals surface area contributed by atoms with Crippen molar-refractivity contribution in [3.63, 3.8) is 0 Å². The fraction of sp³-hybridized carbons (Fsp3) is 0.238. The largest absolute Gasteiger partial charge is 0.573 e. The Kier molecular flexibility index (Phi) is 6.50. The highest BCUT2D eigenvalue weighted by Crippen LogP contribution is 2.28. The molecule has 0 fully saturated rings. The van der Waals surface area contributed by atoms with E-state index in [0.717, 1.165) is 5.56 Å². The number of aliphatic hydroxyl groups is 1. The van der Waals surface area contributed by atoms with Crippen molar-refractivity contribution in [2.45, 2.75) is 6.36 Å². The number of nitrogens with zero attached hydrogens (tertiary/aromatic N) is 1. The second kappa shape index (κ2) is 9.09. The Balaban J connectivity index is 1.76. The zero-order chi connectivity index (χ0) is 22.6. The van der Waals surface area contributed by atoms with Gasteiger partial charge in [-0.1, -0.05) is 24.3 Å². The van der Waals surface area contributed by atoms with Gasteiger partial charge in [0.25, 0.3) is 5.91 Å². The number of benzene rings is 2. The van der Waals surface area contributed by atoms with Gasteiger partial charge in [0.1, 0.15) is 11.4 Å². The fourth-order valence-electron chi connectivity index (χ4n) is 3.09. The number of alkyl halides is 3. The lowest BCUT2D eigenvalue weighted by atomic mass is 10.1. The van der Waals surface area contributed by atoms with E-state index >= 15 is 0 Å². The molecule has 0 saturated carbocycles. The van der Waals surface area contributed by atoms with Crippen LogP contribution in [-0.2, 0) is 14.3 Å². The predicted octanol–water partition coefficient (Wildman–Crippen LogP) is 2.93. The molecule has 0 aliphatic carbocycles. The standard InChI is InChI=1S/C21H19F3N2O5/c1-30-20(29)17-12-26(10-11-27)19(28)18(17)25-15-6-2-13(3-7-15)14-4-8-16(9-5-14)31-21(22,23)24/h2-9,25,27H,10-12H2,1H3. The Hall–Kier alpha value is -3.53. The smallest absolute Gasteiger partial charge is 0.466 e. The van der Waals surface area contributed by atoms with E-state index in [9.17, 15) is 22.8 Å². The van der Waals surface area contributed by atoms with Crippen LogP contribution < -0.4 is 10.1 Å². The van der Waals surface area contributed by atoms with Gasteiger partial charge in [-0.3, -0.25) is 4.79 Å². The van der Waals surface area contributed by atoms with E-state index in [2.05, 4.69) is 10.1 Å². The van der Waals surface area contributed by atoms with Crippen molar-refractivity contribution in [2.75, 3.05) is 32.1 Å². The summed E-state index contributed by atoms with van der Waals surface area (Å²) in [5.74, 6) is -1.39. The van der Waals surface area contributed by atoms with Crippen LogP contribution in [0.15, 0.2) is 59.8 Å². The maximum Gasteiger partial charge on any atom is 0.573 e. The van der Waals surface area contributed by atoms with E-state index in [1.807, 2.05) is 0 Å².